The van der Waals surface area contributed by atoms with E-state index in [4.69, 9.17) is 4.74 Å². The molecule has 1 amide bonds. The summed E-state index contributed by atoms with van der Waals surface area (Å²) in [6.45, 7) is 12.1. The van der Waals surface area contributed by atoms with Gasteiger partial charge in [0.25, 0.3) is 0 Å². The highest BCUT2D eigenvalue weighted by atomic mass is 16.5. The summed E-state index contributed by atoms with van der Waals surface area (Å²) in [5, 5.41) is 3.25. The second-order valence-corrected chi connectivity index (χ2v) is 4.51. The van der Waals surface area contributed by atoms with Crippen LogP contribution in [-0.4, -0.2) is 49.7 Å². The van der Waals surface area contributed by atoms with Crippen LogP contribution in [0.2, 0.25) is 0 Å². The Balaban J connectivity index is 3.57. The number of rotatable bonds is 11. The number of hydrogen-bond donors (Lipinski definition) is 1. The number of ether oxygens (including phenoxy) is 1. The average molecular weight is 258 g/mol. The number of carbonyl (C=O) groups excluding carboxylic acids is 1. The van der Waals surface area contributed by atoms with E-state index in [1.807, 2.05) is 25.7 Å². The standard InChI is InChI=1S/C14H30N2O2/c1-5-8-11-18-12-9-10-15-13(4)14(17)16(6-2)7-3/h13,15H,5-12H2,1-4H3. The van der Waals surface area contributed by atoms with Gasteiger partial charge in [0.1, 0.15) is 0 Å². The van der Waals surface area contributed by atoms with Gasteiger partial charge in [-0.2, -0.15) is 0 Å². The quantitative estimate of drug-likeness (QED) is 0.577. The monoisotopic (exact) mass is 258 g/mol. The summed E-state index contributed by atoms with van der Waals surface area (Å²) in [5.74, 6) is 0.187. The Morgan fingerprint density at radius 3 is 2.33 bits per heavy atom. The van der Waals surface area contributed by atoms with E-state index in [-0.39, 0.29) is 11.9 Å². The van der Waals surface area contributed by atoms with E-state index >= 15 is 0 Å². The fourth-order valence-electron chi connectivity index (χ4n) is 1.74. The number of likely N-dealkylation sites (N-methyl/N-ethyl adjacent to an activating group) is 1. The van der Waals surface area contributed by atoms with Crippen LogP contribution in [0.1, 0.15) is 47.0 Å². The first-order valence-corrected chi connectivity index (χ1v) is 7.27. The van der Waals surface area contributed by atoms with E-state index in [1.165, 1.54) is 6.42 Å². The molecule has 1 N–H and O–H groups in total. The number of amides is 1. The van der Waals surface area contributed by atoms with Crippen molar-refractivity contribution in [2.24, 2.45) is 0 Å². The largest absolute Gasteiger partial charge is 0.381 e. The van der Waals surface area contributed by atoms with Gasteiger partial charge < -0.3 is 15.0 Å². The summed E-state index contributed by atoms with van der Waals surface area (Å²) < 4.78 is 5.47. The van der Waals surface area contributed by atoms with Crippen molar-refractivity contribution in [2.75, 3.05) is 32.8 Å². The molecule has 0 aliphatic carbocycles. The van der Waals surface area contributed by atoms with Gasteiger partial charge >= 0.3 is 0 Å². The van der Waals surface area contributed by atoms with Crippen LogP contribution < -0.4 is 5.32 Å². The molecular formula is C14H30N2O2. The zero-order valence-electron chi connectivity index (χ0n) is 12.5. The van der Waals surface area contributed by atoms with E-state index in [0.29, 0.717) is 0 Å². The van der Waals surface area contributed by atoms with Crippen LogP contribution in [0.3, 0.4) is 0 Å². The molecule has 108 valence electrons. The Morgan fingerprint density at radius 2 is 1.78 bits per heavy atom. The van der Waals surface area contributed by atoms with Crippen LogP contribution in [0, 0.1) is 0 Å². The first-order valence-electron chi connectivity index (χ1n) is 7.27. The number of hydrogen-bond acceptors (Lipinski definition) is 3. The van der Waals surface area contributed by atoms with Crippen molar-refractivity contribution in [3.8, 4) is 0 Å². The normalized spacial score (nSPS) is 12.4. The number of nitrogens with one attached hydrogen (secondary N) is 1. The lowest BCUT2D eigenvalue weighted by Crippen LogP contribution is -2.45. The number of carbonyl (C=O) groups is 1. The smallest absolute Gasteiger partial charge is 0.239 e. The van der Waals surface area contributed by atoms with Crippen molar-refractivity contribution < 1.29 is 9.53 Å². The van der Waals surface area contributed by atoms with Crippen LogP contribution in [0.15, 0.2) is 0 Å². The van der Waals surface area contributed by atoms with Gasteiger partial charge in [0.15, 0.2) is 0 Å². The zero-order chi connectivity index (χ0) is 13.8. The van der Waals surface area contributed by atoms with Gasteiger partial charge in [0.2, 0.25) is 5.91 Å². The Hall–Kier alpha value is -0.610. The highest BCUT2D eigenvalue weighted by Gasteiger charge is 2.16. The summed E-state index contributed by atoms with van der Waals surface area (Å²) >= 11 is 0. The van der Waals surface area contributed by atoms with Gasteiger partial charge in [0, 0.05) is 26.3 Å². The summed E-state index contributed by atoms with van der Waals surface area (Å²) in [4.78, 5) is 13.8. The molecule has 4 nitrogen and oxygen atoms in total. The van der Waals surface area contributed by atoms with E-state index in [0.717, 1.165) is 45.7 Å². The number of nitrogens with zero attached hydrogens (tertiary/aromatic N) is 1. The minimum absolute atomic E-state index is 0.0967. The molecular weight excluding hydrogens is 228 g/mol. The summed E-state index contributed by atoms with van der Waals surface area (Å²) in [6.07, 6.45) is 3.26. The molecule has 4 heteroatoms. The Morgan fingerprint density at radius 1 is 1.17 bits per heavy atom. The molecule has 0 fully saturated rings. The third-order valence-corrected chi connectivity index (χ3v) is 3.00. The maximum Gasteiger partial charge on any atom is 0.239 e. The molecule has 0 saturated heterocycles. The van der Waals surface area contributed by atoms with Gasteiger partial charge in [-0.15, -0.1) is 0 Å². The van der Waals surface area contributed by atoms with Crippen LogP contribution in [0.5, 0.6) is 0 Å². The molecule has 1 unspecified atom stereocenters. The molecule has 18 heavy (non-hydrogen) atoms. The molecule has 0 heterocycles. The molecule has 0 aromatic heterocycles. The molecule has 0 bridgehead atoms. The molecule has 0 aliphatic rings. The third-order valence-electron chi connectivity index (χ3n) is 3.00. The van der Waals surface area contributed by atoms with Crippen LogP contribution in [0.4, 0.5) is 0 Å². The van der Waals surface area contributed by atoms with Crippen molar-refractivity contribution >= 4 is 5.91 Å². The van der Waals surface area contributed by atoms with E-state index in [1.54, 1.807) is 0 Å². The predicted octanol–water partition coefficient (Wildman–Crippen LogP) is 2.04. The Kier molecular flexibility index (Phi) is 11.1. The highest BCUT2D eigenvalue weighted by Crippen LogP contribution is 1.95. The van der Waals surface area contributed by atoms with Gasteiger partial charge in [-0.1, -0.05) is 13.3 Å². The van der Waals surface area contributed by atoms with E-state index < -0.39 is 0 Å². The SMILES string of the molecule is CCCCOCCCNC(C)C(=O)N(CC)CC. The zero-order valence-corrected chi connectivity index (χ0v) is 12.5. The van der Waals surface area contributed by atoms with Gasteiger partial charge in [-0.3, -0.25) is 4.79 Å². The molecule has 0 aromatic rings. The summed E-state index contributed by atoms with van der Waals surface area (Å²) in [7, 11) is 0. The van der Waals surface area contributed by atoms with Crippen molar-refractivity contribution in [2.45, 2.75) is 53.0 Å². The molecule has 0 aliphatic heterocycles. The van der Waals surface area contributed by atoms with Crippen molar-refractivity contribution in [1.82, 2.24) is 10.2 Å². The molecule has 0 saturated carbocycles. The van der Waals surface area contributed by atoms with Crippen molar-refractivity contribution in [3.63, 3.8) is 0 Å². The summed E-state index contributed by atoms with van der Waals surface area (Å²) in [5.41, 5.74) is 0. The van der Waals surface area contributed by atoms with Crippen molar-refractivity contribution in [3.05, 3.63) is 0 Å². The van der Waals surface area contributed by atoms with Crippen LogP contribution >= 0.6 is 0 Å². The Labute approximate surface area is 112 Å². The van der Waals surface area contributed by atoms with Gasteiger partial charge in [-0.25, -0.2) is 0 Å². The van der Waals surface area contributed by atoms with E-state index in [9.17, 15) is 4.79 Å². The molecule has 0 aromatic carbocycles. The summed E-state index contributed by atoms with van der Waals surface area (Å²) in [6, 6.07) is -0.0967. The third kappa shape index (κ3) is 7.67. The van der Waals surface area contributed by atoms with E-state index in [2.05, 4.69) is 12.2 Å². The molecule has 0 spiro atoms. The minimum atomic E-state index is -0.0967. The van der Waals surface area contributed by atoms with Gasteiger partial charge in [0.05, 0.1) is 6.04 Å². The predicted molar refractivity (Wildman–Crippen MR) is 75.7 cm³/mol. The fraction of sp³-hybridized carbons (Fsp3) is 0.929. The van der Waals surface area contributed by atoms with Crippen molar-refractivity contribution in [1.29, 1.82) is 0 Å². The van der Waals surface area contributed by atoms with Crippen LogP contribution in [-0.2, 0) is 9.53 Å². The van der Waals surface area contributed by atoms with Gasteiger partial charge in [-0.05, 0) is 40.2 Å². The van der Waals surface area contributed by atoms with Crippen LogP contribution in [0.25, 0.3) is 0 Å². The molecule has 0 radical (unpaired) electrons. The maximum absolute atomic E-state index is 11.9. The maximum atomic E-state index is 11.9. The number of unbranched alkanes of at least 4 members (excludes halogenated alkanes) is 1. The lowest BCUT2D eigenvalue weighted by Gasteiger charge is -2.23. The molecule has 1 atom stereocenters. The lowest BCUT2D eigenvalue weighted by molar-refractivity contribution is -0.132. The average Bonchev–Trinajstić information content (AvgIpc) is 2.38. The molecule has 0 rings (SSSR count). The Bertz CT molecular complexity index is 206. The second-order valence-electron chi connectivity index (χ2n) is 4.51. The highest BCUT2D eigenvalue weighted by molar-refractivity contribution is 5.81. The topological polar surface area (TPSA) is 41.6 Å². The fourth-order valence-corrected chi connectivity index (χ4v) is 1.74. The minimum Gasteiger partial charge on any atom is -0.381 e. The second kappa shape index (κ2) is 11.5. The first-order chi connectivity index (χ1) is 8.67. The lowest BCUT2D eigenvalue weighted by atomic mass is 10.2. The first kappa shape index (κ1) is 17.4.